The van der Waals surface area contributed by atoms with Crippen LogP contribution in [0.2, 0.25) is 0 Å². The van der Waals surface area contributed by atoms with Crippen LogP contribution in [0.3, 0.4) is 0 Å². The maximum atomic E-state index is 10.7. The number of rotatable bonds is 0. The number of hydrogen-bond acceptors (Lipinski definition) is 3. The van der Waals surface area contributed by atoms with Gasteiger partial charge in [-0.2, -0.15) is 0 Å². The zero-order chi connectivity index (χ0) is 6.85. The third-order valence-electron chi connectivity index (χ3n) is 1.45. The summed E-state index contributed by atoms with van der Waals surface area (Å²) in [6.07, 6.45) is -0.239. The van der Waals surface area contributed by atoms with Crippen LogP contribution in [0.4, 0.5) is 0 Å². The second kappa shape index (κ2) is 2.45. The van der Waals surface area contributed by atoms with Crippen molar-refractivity contribution in [2.45, 2.75) is 32.2 Å². The highest BCUT2D eigenvalue weighted by molar-refractivity contribution is 5.83. The fourth-order valence-corrected chi connectivity index (χ4v) is 0.849. The van der Waals surface area contributed by atoms with E-state index in [2.05, 4.69) is 0 Å². The molecule has 0 bridgehead atoms. The van der Waals surface area contributed by atoms with Gasteiger partial charge in [-0.1, -0.05) is 0 Å². The van der Waals surface area contributed by atoms with Crippen molar-refractivity contribution in [3.8, 4) is 0 Å². The lowest BCUT2D eigenvalue weighted by molar-refractivity contribution is -0.172. The van der Waals surface area contributed by atoms with Crippen LogP contribution in [0.5, 0.6) is 0 Å². The number of aliphatic hydroxyl groups excluding tert-OH is 1. The van der Waals surface area contributed by atoms with Crippen molar-refractivity contribution < 1.29 is 14.6 Å². The first-order valence-electron chi connectivity index (χ1n) is 3.06. The first-order valence-corrected chi connectivity index (χ1v) is 3.06. The van der Waals surface area contributed by atoms with Gasteiger partial charge in [0.05, 0.1) is 0 Å². The van der Waals surface area contributed by atoms with Gasteiger partial charge in [0.25, 0.3) is 0 Å². The molecule has 0 aromatic carbocycles. The quantitative estimate of drug-likeness (QED) is 0.505. The van der Waals surface area contributed by atoms with Gasteiger partial charge in [0.2, 0.25) is 0 Å². The van der Waals surface area contributed by atoms with Crippen molar-refractivity contribution in [3.05, 3.63) is 0 Å². The molecule has 1 aliphatic rings. The summed E-state index contributed by atoms with van der Waals surface area (Å²) in [6.45, 7) is 1.66. The first-order chi connectivity index (χ1) is 4.20. The average Bonchev–Trinajstić information content (AvgIpc) is 1.80. The zero-order valence-electron chi connectivity index (χ0n) is 5.33. The van der Waals surface area contributed by atoms with Crippen LogP contribution in [0.25, 0.3) is 0 Å². The van der Waals surface area contributed by atoms with E-state index in [9.17, 15) is 4.79 Å². The van der Waals surface area contributed by atoms with E-state index in [-0.39, 0.29) is 5.78 Å². The number of hydrogen-bond donors (Lipinski definition) is 1. The molecule has 0 saturated carbocycles. The molecule has 1 fully saturated rings. The summed E-state index contributed by atoms with van der Waals surface area (Å²) in [7, 11) is 0. The molecule has 0 aliphatic carbocycles. The summed E-state index contributed by atoms with van der Waals surface area (Å²) >= 11 is 0. The third-order valence-corrected chi connectivity index (χ3v) is 1.45. The smallest absolute Gasteiger partial charge is 0.161 e. The fraction of sp³-hybridized carbons (Fsp3) is 0.833. The van der Waals surface area contributed by atoms with Crippen LogP contribution in [-0.2, 0) is 9.53 Å². The van der Waals surface area contributed by atoms with E-state index in [0.717, 1.165) is 0 Å². The minimum atomic E-state index is -0.724. The summed E-state index contributed by atoms with van der Waals surface area (Å²) in [5, 5.41) is 8.82. The zero-order valence-corrected chi connectivity index (χ0v) is 5.33. The summed E-state index contributed by atoms with van der Waals surface area (Å²) in [5.41, 5.74) is 0. The van der Waals surface area contributed by atoms with Crippen LogP contribution in [-0.4, -0.2) is 23.3 Å². The van der Waals surface area contributed by atoms with Gasteiger partial charge in [-0.25, -0.2) is 0 Å². The second-order valence-electron chi connectivity index (χ2n) is 2.24. The molecule has 1 heterocycles. The molecule has 0 unspecified atom stereocenters. The van der Waals surface area contributed by atoms with E-state index in [4.69, 9.17) is 9.84 Å². The molecule has 0 spiro atoms. The van der Waals surface area contributed by atoms with Gasteiger partial charge >= 0.3 is 0 Å². The lowest BCUT2D eigenvalue weighted by atomic mass is 10.1. The molecule has 1 N–H and O–H groups in total. The van der Waals surface area contributed by atoms with E-state index >= 15 is 0 Å². The Bertz CT molecular complexity index is 121. The largest absolute Gasteiger partial charge is 0.368 e. The van der Waals surface area contributed by atoms with E-state index in [1.807, 2.05) is 0 Å². The normalized spacial score (nSPS) is 36.9. The maximum Gasteiger partial charge on any atom is 0.161 e. The Kier molecular flexibility index (Phi) is 1.83. The molecule has 1 rings (SSSR count). The minimum Gasteiger partial charge on any atom is -0.368 e. The van der Waals surface area contributed by atoms with Gasteiger partial charge in [0, 0.05) is 12.8 Å². The Morgan fingerprint density at radius 1 is 1.78 bits per heavy atom. The number of aliphatic hydroxyl groups is 1. The Morgan fingerprint density at radius 3 is 2.89 bits per heavy atom. The highest BCUT2D eigenvalue weighted by atomic mass is 16.6. The maximum absolute atomic E-state index is 10.7. The summed E-state index contributed by atoms with van der Waals surface area (Å²) in [5.74, 6) is 0.0836. The van der Waals surface area contributed by atoms with Crippen molar-refractivity contribution in [3.63, 3.8) is 0 Å². The number of ether oxygens (including phenoxy) is 1. The molecule has 1 aliphatic heterocycles. The standard InChI is InChI=1S/C6H10O3/c1-4-5(7)2-3-6(8)9-4/h4,6,8H,2-3H2,1H3/t4-,6+/m1/s1. The Hall–Kier alpha value is -0.410. The predicted octanol–water partition coefficient (Wildman–Crippen LogP) is 0.0728. The molecule has 9 heavy (non-hydrogen) atoms. The molecule has 1 saturated heterocycles. The van der Waals surface area contributed by atoms with Gasteiger partial charge in [-0.15, -0.1) is 0 Å². The number of Topliss-reactive ketones (excluding diaryl/α,β-unsaturated/α-hetero) is 1. The van der Waals surface area contributed by atoms with Gasteiger partial charge < -0.3 is 9.84 Å². The topological polar surface area (TPSA) is 46.5 Å². The van der Waals surface area contributed by atoms with Crippen LogP contribution in [0.15, 0.2) is 0 Å². The van der Waals surface area contributed by atoms with Gasteiger partial charge in [-0.05, 0) is 6.92 Å². The number of carbonyl (C=O) groups is 1. The highest BCUT2D eigenvalue weighted by Gasteiger charge is 2.23. The van der Waals surface area contributed by atoms with Crippen molar-refractivity contribution in [1.29, 1.82) is 0 Å². The molecule has 52 valence electrons. The van der Waals surface area contributed by atoms with Crippen LogP contribution in [0.1, 0.15) is 19.8 Å². The monoisotopic (exact) mass is 130 g/mol. The summed E-state index contributed by atoms with van der Waals surface area (Å²) in [4.78, 5) is 10.7. The highest BCUT2D eigenvalue weighted by Crippen LogP contribution is 2.12. The number of carbonyl (C=O) groups excluding carboxylic acids is 1. The first kappa shape index (κ1) is 6.71. The molecule has 3 heteroatoms. The van der Waals surface area contributed by atoms with Crippen LogP contribution >= 0.6 is 0 Å². The van der Waals surface area contributed by atoms with Gasteiger partial charge in [0.1, 0.15) is 6.10 Å². The molecule has 0 aromatic rings. The molecule has 0 amide bonds. The third kappa shape index (κ3) is 1.50. The lowest BCUT2D eigenvalue weighted by Crippen LogP contribution is -2.32. The lowest BCUT2D eigenvalue weighted by Gasteiger charge is -2.22. The van der Waals surface area contributed by atoms with E-state index in [1.165, 1.54) is 0 Å². The van der Waals surface area contributed by atoms with E-state index < -0.39 is 12.4 Å². The SMILES string of the molecule is C[C@H]1O[C@H](O)CCC1=O. The van der Waals surface area contributed by atoms with Crippen molar-refractivity contribution >= 4 is 5.78 Å². The summed E-state index contributed by atoms with van der Waals surface area (Å²) < 4.78 is 4.80. The van der Waals surface area contributed by atoms with Gasteiger partial charge in [0.15, 0.2) is 12.1 Å². The molecule has 3 nitrogen and oxygen atoms in total. The van der Waals surface area contributed by atoms with Crippen LogP contribution in [0, 0.1) is 0 Å². The van der Waals surface area contributed by atoms with Crippen LogP contribution < -0.4 is 0 Å². The Labute approximate surface area is 53.6 Å². The molecule has 2 atom stereocenters. The molecular weight excluding hydrogens is 120 g/mol. The molecular formula is C6H10O3. The minimum absolute atomic E-state index is 0.0836. The predicted molar refractivity (Wildman–Crippen MR) is 30.8 cm³/mol. The Morgan fingerprint density at radius 2 is 2.44 bits per heavy atom. The number of ketones is 1. The van der Waals surface area contributed by atoms with Crippen molar-refractivity contribution in [2.24, 2.45) is 0 Å². The van der Waals surface area contributed by atoms with Crippen molar-refractivity contribution in [1.82, 2.24) is 0 Å². The average molecular weight is 130 g/mol. The second-order valence-corrected chi connectivity index (χ2v) is 2.24. The van der Waals surface area contributed by atoms with Crippen molar-refractivity contribution in [2.75, 3.05) is 0 Å². The Balaban J connectivity index is 2.44. The van der Waals surface area contributed by atoms with Gasteiger partial charge in [-0.3, -0.25) is 4.79 Å². The van der Waals surface area contributed by atoms with E-state index in [1.54, 1.807) is 6.92 Å². The fourth-order valence-electron chi connectivity index (χ4n) is 0.849. The molecule has 0 aromatic heterocycles. The summed E-state index contributed by atoms with van der Waals surface area (Å²) in [6, 6.07) is 0. The van der Waals surface area contributed by atoms with E-state index in [0.29, 0.717) is 12.8 Å². The molecule has 0 radical (unpaired) electrons.